The molecule has 3 aromatic rings. The fraction of sp³-hybridized carbons (Fsp3) is 0. The van der Waals surface area contributed by atoms with Crippen LogP contribution < -0.4 is 5.69 Å². The van der Waals surface area contributed by atoms with Gasteiger partial charge in [-0.1, -0.05) is 15.9 Å². The SMILES string of the molecule is O=c1[nH]c2ccc(Br)cc2n1-c1ccc(F)cc1. The second-order valence-electron chi connectivity index (χ2n) is 3.90. The van der Waals surface area contributed by atoms with Crippen LogP contribution >= 0.6 is 15.9 Å². The molecule has 5 heteroatoms. The minimum atomic E-state index is -0.326. The van der Waals surface area contributed by atoms with Crippen molar-refractivity contribution in [2.45, 2.75) is 0 Å². The molecule has 0 unspecified atom stereocenters. The molecule has 0 amide bonds. The summed E-state index contributed by atoms with van der Waals surface area (Å²) < 4.78 is 15.3. The summed E-state index contributed by atoms with van der Waals surface area (Å²) in [5.41, 5.74) is 1.88. The van der Waals surface area contributed by atoms with Gasteiger partial charge in [0, 0.05) is 4.47 Å². The first-order valence-corrected chi connectivity index (χ1v) is 6.11. The molecule has 90 valence electrons. The van der Waals surface area contributed by atoms with Gasteiger partial charge in [-0.3, -0.25) is 4.57 Å². The lowest BCUT2D eigenvalue weighted by molar-refractivity contribution is 0.627. The summed E-state index contributed by atoms with van der Waals surface area (Å²) in [6, 6.07) is 11.3. The molecule has 0 saturated heterocycles. The molecule has 3 nitrogen and oxygen atoms in total. The van der Waals surface area contributed by atoms with Crippen molar-refractivity contribution >= 4 is 27.0 Å². The average Bonchev–Trinajstić information content (AvgIpc) is 2.66. The van der Waals surface area contributed by atoms with Crippen LogP contribution in [0.2, 0.25) is 0 Å². The first-order valence-electron chi connectivity index (χ1n) is 5.31. The average molecular weight is 307 g/mol. The van der Waals surface area contributed by atoms with E-state index in [2.05, 4.69) is 20.9 Å². The Balaban J connectivity index is 2.34. The maximum absolute atomic E-state index is 12.9. The molecule has 0 radical (unpaired) electrons. The zero-order valence-electron chi connectivity index (χ0n) is 9.15. The topological polar surface area (TPSA) is 37.8 Å². The number of benzene rings is 2. The van der Waals surface area contributed by atoms with Crippen LogP contribution in [0, 0.1) is 5.82 Å². The third-order valence-electron chi connectivity index (χ3n) is 2.73. The number of hydrogen-bond donors (Lipinski definition) is 1. The normalized spacial score (nSPS) is 11.0. The lowest BCUT2D eigenvalue weighted by atomic mass is 10.3. The van der Waals surface area contributed by atoms with Crippen LogP contribution in [0.4, 0.5) is 4.39 Å². The van der Waals surface area contributed by atoms with Gasteiger partial charge < -0.3 is 4.98 Å². The van der Waals surface area contributed by atoms with Gasteiger partial charge >= 0.3 is 5.69 Å². The quantitative estimate of drug-likeness (QED) is 0.736. The first-order chi connectivity index (χ1) is 8.65. The summed E-state index contributed by atoms with van der Waals surface area (Å²) in [6.45, 7) is 0. The molecular weight excluding hydrogens is 299 g/mol. The molecule has 1 heterocycles. The summed E-state index contributed by atoms with van der Waals surface area (Å²) in [6.07, 6.45) is 0. The molecule has 1 N–H and O–H groups in total. The number of aromatic amines is 1. The summed E-state index contributed by atoms with van der Waals surface area (Å²) in [5.74, 6) is -0.326. The molecule has 0 aliphatic carbocycles. The predicted molar refractivity (Wildman–Crippen MR) is 71.6 cm³/mol. The van der Waals surface area contributed by atoms with Crippen LogP contribution in [0.15, 0.2) is 51.7 Å². The van der Waals surface area contributed by atoms with Crippen LogP contribution in [0.3, 0.4) is 0 Å². The van der Waals surface area contributed by atoms with Crippen LogP contribution in [-0.4, -0.2) is 9.55 Å². The third-order valence-corrected chi connectivity index (χ3v) is 3.22. The zero-order valence-corrected chi connectivity index (χ0v) is 10.7. The number of aromatic nitrogens is 2. The van der Waals surface area contributed by atoms with Gasteiger partial charge in [-0.15, -0.1) is 0 Å². The molecule has 0 fully saturated rings. The maximum atomic E-state index is 12.9. The number of H-pyrrole nitrogens is 1. The Kier molecular flexibility index (Phi) is 2.56. The van der Waals surface area contributed by atoms with Gasteiger partial charge in [-0.25, -0.2) is 9.18 Å². The Bertz CT molecular complexity index is 774. The summed E-state index contributed by atoms with van der Waals surface area (Å²) in [4.78, 5) is 14.7. The predicted octanol–water partition coefficient (Wildman–Crippen LogP) is 3.22. The molecule has 18 heavy (non-hydrogen) atoms. The highest BCUT2D eigenvalue weighted by atomic mass is 79.9. The van der Waals surface area contributed by atoms with E-state index < -0.39 is 0 Å². The maximum Gasteiger partial charge on any atom is 0.331 e. The van der Waals surface area contributed by atoms with Gasteiger partial charge in [0.1, 0.15) is 5.82 Å². The van der Waals surface area contributed by atoms with Crippen LogP contribution in [-0.2, 0) is 0 Å². The molecule has 3 rings (SSSR count). The molecule has 1 aromatic heterocycles. The van der Waals surface area contributed by atoms with Gasteiger partial charge in [0.15, 0.2) is 0 Å². The monoisotopic (exact) mass is 306 g/mol. The largest absolute Gasteiger partial charge is 0.331 e. The van der Waals surface area contributed by atoms with Crippen molar-refractivity contribution in [3.05, 3.63) is 63.2 Å². The molecule has 0 atom stereocenters. The highest BCUT2D eigenvalue weighted by Crippen LogP contribution is 2.20. The minimum absolute atomic E-state index is 0.241. The Labute approximate surface area is 110 Å². The van der Waals surface area contributed by atoms with E-state index in [4.69, 9.17) is 0 Å². The number of imidazole rings is 1. The highest BCUT2D eigenvalue weighted by Gasteiger charge is 2.08. The second kappa shape index (κ2) is 4.10. The van der Waals surface area contributed by atoms with E-state index >= 15 is 0 Å². The Morgan fingerprint density at radius 2 is 1.83 bits per heavy atom. The van der Waals surface area contributed by atoms with Crippen molar-refractivity contribution in [2.75, 3.05) is 0 Å². The van der Waals surface area contributed by atoms with Crippen molar-refractivity contribution in [3.63, 3.8) is 0 Å². The van der Waals surface area contributed by atoms with E-state index in [9.17, 15) is 9.18 Å². The fourth-order valence-electron chi connectivity index (χ4n) is 1.92. The van der Waals surface area contributed by atoms with E-state index in [0.29, 0.717) is 5.69 Å². The van der Waals surface area contributed by atoms with E-state index in [0.717, 1.165) is 15.5 Å². The molecule has 0 aliphatic rings. The van der Waals surface area contributed by atoms with Crippen molar-refractivity contribution in [1.29, 1.82) is 0 Å². The molecule has 0 saturated carbocycles. The van der Waals surface area contributed by atoms with Gasteiger partial charge in [-0.05, 0) is 42.5 Å². The Morgan fingerprint density at radius 3 is 2.56 bits per heavy atom. The van der Waals surface area contributed by atoms with Crippen molar-refractivity contribution in [3.8, 4) is 5.69 Å². The molecule has 2 aromatic carbocycles. The summed E-state index contributed by atoms with van der Waals surface area (Å²) >= 11 is 3.37. The standard InChI is InChI=1S/C13H8BrFN2O/c14-8-1-6-11-12(7-8)17(13(18)16-11)10-4-2-9(15)3-5-10/h1-7H,(H,16,18). The Morgan fingerprint density at radius 1 is 1.11 bits per heavy atom. The second-order valence-corrected chi connectivity index (χ2v) is 4.82. The van der Waals surface area contributed by atoms with Gasteiger partial charge in [0.25, 0.3) is 0 Å². The van der Waals surface area contributed by atoms with E-state index in [-0.39, 0.29) is 11.5 Å². The summed E-state index contributed by atoms with van der Waals surface area (Å²) in [5, 5.41) is 0. The van der Waals surface area contributed by atoms with Gasteiger partial charge in [0.05, 0.1) is 16.7 Å². The van der Waals surface area contributed by atoms with Crippen LogP contribution in [0.1, 0.15) is 0 Å². The lowest BCUT2D eigenvalue weighted by Crippen LogP contribution is -2.14. The summed E-state index contributed by atoms with van der Waals surface area (Å²) in [7, 11) is 0. The van der Waals surface area contributed by atoms with Crippen LogP contribution in [0.25, 0.3) is 16.7 Å². The molecular formula is C13H8BrFN2O. The number of halogens is 2. The van der Waals surface area contributed by atoms with Crippen LogP contribution in [0.5, 0.6) is 0 Å². The van der Waals surface area contributed by atoms with E-state index in [1.807, 2.05) is 18.2 Å². The number of rotatable bonds is 1. The number of fused-ring (bicyclic) bond motifs is 1. The number of hydrogen-bond acceptors (Lipinski definition) is 1. The van der Waals surface area contributed by atoms with Crippen molar-refractivity contribution < 1.29 is 4.39 Å². The van der Waals surface area contributed by atoms with E-state index in [1.165, 1.54) is 16.7 Å². The zero-order chi connectivity index (χ0) is 12.7. The lowest BCUT2D eigenvalue weighted by Gasteiger charge is -2.03. The van der Waals surface area contributed by atoms with Gasteiger partial charge in [-0.2, -0.15) is 0 Å². The van der Waals surface area contributed by atoms with Gasteiger partial charge in [0.2, 0.25) is 0 Å². The first kappa shape index (κ1) is 11.2. The molecule has 0 spiro atoms. The smallest absolute Gasteiger partial charge is 0.305 e. The molecule has 0 bridgehead atoms. The van der Waals surface area contributed by atoms with Crippen molar-refractivity contribution in [2.24, 2.45) is 0 Å². The van der Waals surface area contributed by atoms with Crippen molar-refractivity contribution in [1.82, 2.24) is 9.55 Å². The Hall–Kier alpha value is -1.88. The highest BCUT2D eigenvalue weighted by molar-refractivity contribution is 9.10. The number of nitrogens with zero attached hydrogens (tertiary/aromatic N) is 1. The van der Waals surface area contributed by atoms with E-state index in [1.54, 1.807) is 12.1 Å². The minimum Gasteiger partial charge on any atom is -0.305 e. The number of nitrogens with one attached hydrogen (secondary N) is 1. The fourth-order valence-corrected chi connectivity index (χ4v) is 2.27. The third kappa shape index (κ3) is 1.76. The molecule has 0 aliphatic heterocycles.